The third-order valence-corrected chi connectivity index (χ3v) is 3.06. The van der Waals surface area contributed by atoms with Gasteiger partial charge in [-0.3, -0.25) is 9.59 Å². The van der Waals surface area contributed by atoms with Crippen molar-refractivity contribution in [3.63, 3.8) is 0 Å². The highest BCUT2D eigenvalue weighted by Gasteiger charge is 2.29. The molecule has 1 aromatic rings. The molecule has 1 N–H and O–H groups in total. The molecule has 2 heterocycles. The Kier molecular flexibility index (Phi) is 2.81. The second kappa shape index (κ2) is 4.10. The maximum Gasteiger partial charge on any atom is 0.248 e. The van der Waals surface area contributed by atoms with Crippen LogP contribution in [0.25, 0.3) is 0 Å². The van der Waals surface area contributed by atoms with Gasteiger partial charge in [0, 0.05) is 25.2 Å². The Morgan fingerprint density at radius 1 is 1.47 bits per heavy atom. The van der Waals surface area contributed by atoms with Crippen molar-refractivity contribution in [3.05, 3.63) is 28.7 Å². The molecular formula is C10H12N2O2S. The average Bonchev–Trinajstić information content (AvgIpc) is 2.61. The molecule has 80 valence electrons. The van der Waals surface area contributed by atoms with Crippen LogP contribution in [0, 0.1) is 5.92 Å². The van der Waals surface area contributed by atoms with E-state index in [9.17, 15) is 9.59 Å². The highest BCUT2D eigenvalue weighted by molar-refractivity contribution is 7.80. The normalized spacial score (nSPS) is 21.0. The molecule has 1 unspecified atom stereocenters. The second-order valence-corrected chi connectivity index (χ2v) is 4.03. The van der Waals surface area contributed by atoms with Crippen LogP contribution in [0.1, 0.15) is 6.42 Å². The number of thiol groups is 1. The summed E-state index contributed by atoms with van der Waals surface area (Å²) < 4.78 is 0. The summed E-state index contributed by atoms with van der Waals surface area (Å²) in [7, 11) is 0. The lowest BCUT2D eigenvalue weighted by Crippen LogP contribution is -2.25. The van der Waals surface area contributed by atoms with Gasteiger partial charge in [-0.1, -0.05) is 0 Å². The number of pyridine rings is 1. The Hall–Kier alpha value is -1.23. The van der Waals surface area contributed by atoms with Gasteiger partial charge < -0.3 is 9.88 Å². The minimum absolute atomic E-state index is 0.0982. The van der Waals surface area contributed by atoms with Gasteiger partial charge in [0.15, 0.2) is 0 Å². The van der Waals surface area contributed by atoms with Gasteiger partial charge in [-0.05, 0) is 17.7 Å². The van der Waals surface area contributed by atoms with Crippen LogP contribution in [-0.2, 0) is 4.79 Å². The molecule has 0 radical (unpaired) electrons. The van der Waals surface area contributed by atoms with Crippen LogP contribution in [0.4, 0.5) is 5.69 Å². The number of amides is 1. The molecule has 1 amide bonds. The largest absolute Gasteiger partial charge is 0.327 e. The average molecular weight is 224 g/mol. The van der Waals surface area contributed by atoms with Crippen LogP contribution in [0.3, 0.4) is 0 Å². The molecular weight excluding hydrogens is 212 g/mol. The Balaban J connectivity index is 2.21. The summed E-state index contributed by atoms with van der Waals surface area (Å²) >= 11 is 4.19. The minimum Gasteiger partial charge on any atom is -0.327 e. The number of hydrogen-bond donors (Lipinski definition) is 2. The molecule has 1 fully saturated rings. The van der Waals surface area contributed by atoms with E-state index in [1.165, 1.54) is 6.07 Å². The lowest BCUT2D eigenvalue weighted by Gasteiger charge is -2.15. The SMILES string of the molecule is O=C1CC(CS)CN1c1ccc(=O)[nH]c1. The first kappa shape index (κ1) is 10.3. The minimum atomic E-state index is -0.156. The second-order valence-electron chi connectivity index (χ2n) is 3.67. The molecule has 4 nitrogen and oxygen atoms in total. The van der Waals surface area contributed by atoms with Crippen LogP contribution in [0.15, 0.2) is 23.1 Å². The lowest BCUT2D eigenvalue weighted by molar-refractivity contribution is -0.117. The molecule has 2 rings (SSSR count). The molecule has 0 saturated carbocycles. The van der Waals surface area contributed by atoms with Crippen molar-refractivity contribution >= 4 is 24.2 Å². The molecule has 0 bridgehead atoms. The van der Waals surface area contributed by atoms with E-state index >= 15 is 0 Å². The third-order valence-electron chi connectivity index (χ3n) is 2.54. The fourth-order valence-electron chi connectivity index (χ4n) is 1.72. The number of hydrogen-bond acceptors (Lipinski definition) is 3. The van der Waals surface area contributed by atoms with E-state index in [-0.39, 0.29) is 11.5 Å². The molecule has 0 spiro atoms. The first-order valence-corrected chi connectivity index (χ1v) is 5.44. The van der Waals surface area contributed by atoms with Gasteiger partial charge in [0.05, 0.1) is 5.69 Å². The predicted molar refractivity (Wildman–Crippen MR) is 61.4 cm³/mol. The molecule has 5 heteroatoms. The fourth-order valence-corrected chi connectivity index (χ4v) is 1.97. The quantitative estimate of drug-likeness (QED) is 0.725. The molecule has 15 heavy (non-hydrogen) atoms. The zero-order valence-electron chi connectivity index (χ0n) is 8.14. The monoisotopic (exact) mass is 224 g/mol. The standard InChI is InChI=1S/C10H12N2O2S/c13-9-2-1-8(4-11-9)12-5-7(6-15)3-10(12)14/h1-2,4,7,15H,3,5-6H2,(H,11,13). The third kappa shape index (κ3) is 2.07. The predicted octanol–water partition coefficient (Wildman–Crippen LogP) is 0.658. The van der Waals surface area contributed by atoms with Crippen molar-refractivity contribution in [1.82, 2.24) is 4.98 Å². The number of aromatic nitrogens is 1. The number of nitrogens with zero attached hydrogens (tertiary/aromatic N) is 1. The zero-order chi connectivity index (χ0) is 10.8. The Morgan fingerprint density at radius 3 is 2.80 bits per heavy atom. The van der Waals surface area contributed by atoms with Gasteiger partial charge in [-0.2, -0.15) is 12.6 Å². The molecule has 1 aromatic heterocycles. The number of carbonyl (C=O) groups excluding carboxylic acids is 1. The van der Waals surface area contributed by atoms with E-state index in [4.69, 9.17) is 0 Å². The van der Waals surface area contributed by atoms with E-state index in [2.05, 4.69) is 17.6 Å². The number of H-pyrrole nitrogens is 1. The number of rotatable bonds is 2. The number of anilines is 1. The van der Waals surface area contributed by atoms with Crippen molar-refractivity contribution in [2.24, 2.45) is 5.92 Å². The van der Waals surface area contributed by atoms with Gasteiger partial charge >= 0.3 is 0 Å². The Labute approximate surface area is 92.7 Å². The van der Waals surface area contributed by atoms with E-state index in [0.717, 1.165) is 5.69 Å². The van der Waals surface area contributed by atoms with Crippen molar-refractivity contribution in [2.45, 2.75) is 6.42 Å². The summed E-state index contributed by atoms with van der Waals surface area (Å²) in [6, 6.07) is 3.09. The van der Waals surface area contributed by atoms with Gasteiger partial charge in [0.1, 0.15) is 0 Å². The molecule has 0 aromatic carbocycles. The summed E-state index contributed by atoms with van der Waals surface area (Å²) in [5.41, 5.74) is 0.597. The van der Waals surface area contributed by atoms with Gasteiger partial charge in [-0.15, -0.1) is 0 Å². The highest BCUT2D eigenvalue weighted by atomic mass is 32.1. The van der Waals surface area contributed by atoms with E-state index < -0.39 is 0 Å². The lowest BCUT2D eigenvalue weighted by atomic mass is 10.1. The van der Waals surface area contributed by atoms with E-state index in [0.29, 0.717) is 24.6 Å². The first-order chi connectivity index (χ1) is 7.20. The summed E-state index contributed by atoms with van der Waals surface area (Å²) in [5, 5.41) is 0. The Morgan fingerprint density at radius 2 is 2.27 bits per heavy atom. The molecule has 1 atom stereocenters. The van der Waals surface area contributed by atoms with Crippen LogP contribution in [-0.4, -0.2) is 23.2 Å². The van der Waals surface area contributed by atoms with Crippen LogP contribution >= 0.6 is 12.6 Å². The molecule has 0 aliphatic carbocycles. The van der Waals surface area contributed by atoms with Crippen molar-refractivity contribution in [1.29, 1.82) is 0 Å². The molecule has 1 aliphatic rings. The smallest absolute Gasteiger partial charge is 0.248 e. The maximum absolute atomic E-state index is 11.6. The van der Waals surface area contributed by atoms with Crippen LogP contribution in [0.2, 0.25) is 0 Å². The number of nitrogens with one attached hydrogen (secondary N) is 1. The van der Waals surface area contributed by atoms with Crippen molar-refractivity contribution in [3.8, 4) is 0 Å². The number of carbonyl (C=O) groups is 1. The highest BCUT2D eigenvalue weighted by Crippen LogP contribution is 2.24. The van der Waals surface area contributed by atoms with Crippen molar-refractivity contribution in [2.75, 3.05) is 17.2 Å². The van der Waals surface area contributed by atoms with Gasteiger partial charge in [0.25, 0.3) is 0 Å². The number of aromatic amines is 1. The molecule has 1 aliphatic heterocycles. The van der Waals surface area contributed by atoms with Gasteiger partial charge in [-0.25, -0.2) is 0 Å². The van der Waals surface area contributed by atoms with Gasteiger partial charge in [0.2, 0.25) is 11.5 Å². The van der Waals surface area contributed by atoms with E-state index in [1.54, 1.807) is 17.2 Å². The Bertz CT molecular complexity index is 409. The van der Waals surface area contributed by atoms with Crippen LogP contribution in [0.5, 0.6) is 0 Å². The summed E-state index contributed by atoms with van der Waals surface area (Å²) in [6.07, 6.45) is 2.11. The summed E-state index contributed by atoms with van der Waals surface area (Å²) in [4.78, 5) is 26.7. The summed E-state index contributed by atoms with van der Waals surface area (Å²) in [5.74, 6) is 1.12. The fraction of sp³-hybridized carbons (Fsp3) is 0.400. The summed E-state index contributed by atoms with van der Waals surface area (Å²) in [6.45, 7) is 0.689. The van der Waals surface area contributed by atoms with Crippen LogP contribution < -0.4 is 10.5 Å². The first-order valence-electron chi connectivity index (χ1n) is 4.80. The van der Waals surface area contributed by atoms with Crippen molar-refractivity contribution < 1.29 is 4.79 Å². The van der Waals surface area contributed by atoms with E-state index in [1.807, 2.05) is 0 Å². The zero-order valence-corrected chi connectivity index (χ0v) is 9.04. The maximum atomic E-state index is 11.6. The topological polar surface area (TPSA) is 53.2 Å². The molecule has 1 saturated heterocycles.